The van der Waals surface area contributed by atoms with Gasteiger partial charge in [0.25, 0.3) is 0 Å². The van der Waals surface area contributed by atoms with Crippen molar-refractivity contribution in [2.75, 3.05) is 26.2 Å². The van der Waals surface area contributed by atoms with Gasteiger partial charge < -0.3 is 0 Å². The van der Waals surface area contributed by atoms with E-state index in [1.54, 1.807) is 12.4 Å². The van der Waals surface area contributed by atoms with Gasteiger partial charge in [-0.15, -0.1) is 0 Å². The Labute approximate surface area is 108 Å². The van der Waals surface area contributed by atoms with Gasteiger partial charge in [0.05, 0.1) is 18.1 Å². The van der Waals surface area contributed by atoms with Crippen molar-refractivity contribution in [1.29, 1.82) is 0 Å². The number of rotatable bonds is 3. The number of nitrogens with zero attached hydrogens (tertiary/aromatic N) is 4. The summed E-state index contributed by atoms with van der Waals surface area (Å²) in [5.74, 6) is 0. The van der Waals surface area contributed by atoms with E-state index in [0.29, 0.717) is 11.2 Å². The Hall–Kier alpha value is -0.710. The average molecular weight is 255 g/mol. The maximum atomic E-state index is 5.71. The largest absolute Gasteiger partial charge is 0.298 e. The van der Waals surface area contributed by atoms with Crippen LogP contribution in [0, 0.1) is 0 Å². The molecule has 1 saturated heterocycles. The minimum atomic E-state index is 0.457. The van der Waals surface area contributed by atoms with Gasteiger partial charge in [-0.05, 0) is 13.8 Å². The van der Waals surface area contributed by atoms with E-state index in [-0.39, 0.29) is 0 Å². The second-order valence-electron chi connectivity index (χ2n) is 4.74. The molecule has 1 aliphatic rings. The van der Waals surface area contributed by atoms with Crippen LogP contribution in [0.15, 0.2) is 12.4 Å². The molecule has 1 aliphatic heterocycles. The summed E-state index contributed by atoms with van der Waals surface area (Å²) in [6.45, 7) is 9.85. The van der Waals surface area contributed by atoms with Crippen molar-refractivity contribution in [2.24, 2.45) is 0 Å². The summed E-state index contributed by atoms with van der Waals surface area (Å²) in [5.41, 5.74) is 0.993. The number of piperazine rings is 1. The van der Waals surface area contributed by atoms with Crippen LogP contribution >= 0.6 is 11.6 Å². The van der Waals surface area contributed by atoms with E-state index in [4.69, 9.17) is 11.6 Å². The molecule has 17 heavy (non-hydrogen) atoms. The summed E-state index contributed by atoms with van der Waals surface area (Å²) in [6.07, 6.45) is 3.37. The average Bonchev–Trinajstić information content (AvgIpc) is 2.33. The van der Waals surface area contributed by atoms with Gasteiger partial charge >= 0.3 is 0 Å². The number of halogens is 1. The Kier molecular flexibility index (Phi) is 4.31. The van der Waals surface area contributed by atoms with Crippen molar-refractivity contribution < 1.29 is 0 Å². The Morgan fingerprint density at radius 1 is 1.18 bits per heavy atom. The van der Waals surface area contributed by atoms with Gasteiger partial charge in [-0.3, -0.25) is 14.8 Å². The van der Waals surface area contributed by atoms with E-state index in [0.717, 1.165) is 38.4 Å². The number of aromatic nitrogens is 2. The third-order valence-electron chi connectivity index (χ3n) is 3.20. The molecule has 4 nitrogen and oxygen atoms in total. The maximum absolute atomic E-state index is 5.71. The van der Waals surface area contributed by atoms with Crippen molar-refractivity contribution in [3.63, 3.8) is 0 Å². The van der Waals surface area contributed by atoms with Crippen LogP contribution < -0.4 is 0 Å². The number of hydrogen-bond acceptors (Lipinski definition) is 4. The molecule has 1 aromatic rings. The van der Waals surface area contributed by atoms with E-state index < -0.39 is 0 Å². The molecule has 0 radical (unpaired) electrons. The first-order chi connectivity index (χ1) is 8.15. The Balaban J connectivity index is 1.84. The Bertz CT molecular complexity index is 344. The lowest BCUT2D eigenvalue weighted by atomic mass is 10.2. The summed E-state index contributed by atoms with van der Waals surface area (Å²) < 4.78 is 0. The highest BCUT2D eigenvalue weighted by Crippen LogP contribution is 2.09. The van der Waals surface area contributed by atoms with Crippen molar-refractivity contribution in [1.82, 2.24) is 19.8 Å². The lowest BCUT2D eigenvalue weighted by Gasteiger charge is -2.36. The molecule has 0 atom stereocenters. The van der Waals surface area contributed by atoms with Gasteiger partial charge in [0, 0.05) is 38.8 Å². The topological polar surface area (TPSA) is 32.3 Å². The normalized spacial score (nSPS) is 18.8. The minimum Gasteiger partial charge on any atom is -0.298 e. The SMILES string of the molecule is CC(C)N1CCN(Cc2cnc(Cl)cn2)CC1. The molecule has 0 aromatic carbocycles. The fourth-order valence-electron chi connectivity index (χ4n) is 2.09. The molecule has 5 heteroatoms. The fourth-order valence-corrected chi connectivity index (χ4v) is 2.19. The van der Waals surface area contributed by atoms with Crippen LogP contribution in [0.3, 0.4) is 0 Å². The standard InChI is InChI=1S/C12H19ClN4/c1-10(2)17-5-3-16(4-6-17)9-11-7-15-12(13)8-14-11/h7-8,10H,3-6,9H2,1-2H3. The fraction of sp³-hybridized carbons (Fsp3) is 0.667. The maximum Gasteiger partial charge on any atom is 0.147 e. The van der Waals surface area contributed by atoms with Gasteiger partial charge in [0.15, 0.2) is 0 Å². The zero-order valence-electron chi connectivity index (χ0n) is 10.4. The summed E-state index contributed by atoms with van der Waals surface area (Å²) in [6, 6.07) is 0.646. The van der Waals surface area contributed by atoms with Gasteiger partial charge in [-0.25, -0.2) is 4.98 Å². The lowest BCUT2D eigenvalue weighted by molar-refractivity contribution is 0.103. The van der Waals surface area contributed by atoms with E-state index >= 15 is 0 Å². The summed E-state index contributed by atoms with van der Waals surface area (Å²) in [5, 5.41) is 0.457. The molecule has 1 fully saturated rings. The van der Waals surface area contributed by atoms with Gasteiger partial charge in [0.2, 0.25) is 0 Å². The van der Waals surface area contributed by atoms with Crippen molar-refractivity contribution in [3.05, 3.63) is 23.2 Å². The highest BCUT2D eigenvalue weighted by atomic mass is 35.5. The van der Waals surface area contributed by atoms with Crippen LogP contribution in [0.25, 0.3) is 0 Å². The third kappa shape index (κ3) is 3.63. The van der Waals surface area contributed by atoms with E-state index in [2.05, 4.69) is 33.6 Å². The third-order valence-corrected chi connectivity index (χ3v) is 3.39. The van der Waals surface area contributed by atoms with E-state index in [1.807, 2.05) is 0 Å². The molecule has 2 heterocycles. The number of hydrogen-bond donors (Lipinski definition) is 0. The van der Waals surface area contributed by atoms with E-state index in [9.17, 15) is 0 Å². The molecule has 0 saturated carbocycles. The van der Waals surface area contributed by atoms with Crippen molar-refractivity contribution >= 4 is 11.6 Å². The quantitative estimate of drug-likeness (QED) is 0.821. The minimum absolute atomic E-state index is 0.457. The summed E-state index contributed by atoms with van der Waals surface area (Å²) >= 11 is 5.71. The first-order valence-corrected chi connectivity index (χ1v) is 6.46. The molecule has 2 rings (SSSR count). The second kappa shape index (κ2) is 5.76. The van der Waals surface area contributed by atoms with Crippen molar-refractivity contribution in [3.8, 4) is 0 Å². The predicted octanol–water partition coefficient (Wildman–Crippen LogP) is 1.66. The summed E-state index contributed by atoms with van der Waals surface area (Å²) in [4.78, 5) is 13.2. The van der Waals surface area contributed by atoms with Crippen LogP contribution in [-0.2, 0) is 6.54 Å². The Morgan fingerprint density at radius 2 is 1.88 bits per heavy atom. The lowest BCUT2D eigenvalue weighted by Crippen LogP contribution is -2.48. The molecule has 1 aromatic heterocycles. The molecule has 0 bridgehead atoms. The smallest absolute Gasteiger partial charge is 0.147 e. The first kappa shape index (κ1) is 12.7. The Morgan fingerprint density at radius 3 is 2.41 bits per heavy atom. The van der Waals surface area contributed by atoms with Crippen LogP contribution in [0.4, 0.5) is 0 Å². The van der Waals surface area contributed by atoms with Gasteiger partial charge in [0.1, 0.15) is 5.15 Å². The second-order valence-corrected chi connectivity index (χ2v) is 5.12. The molecule has 0 aliphatic carbocycles. The molecule has 94 valence electrons. The molecule has 0 N–H and O–H groups in total. The van der Waals surface area contributed by atoms with Crippen molar-refractivity contribution in [2.45, 2.75) is 26.4 Å². The van der Waals surface area contributed by atoms with Crippen LogP contribution in [0.2, 0.25) is 5.15 Å². The van der Waals surface area contributed by atoms with Gasteiger partial charge in [-0.2, -0.15) is 0 Å². The zero-order chi connectivity index (χ0) is 12.3. The van der Waals surface area contributed by atoms with Crippen LogP contribution in [0.5, 0.6) is 0 Å². The molecular formula is C12H19ClN4. The van der Waals surface area contributed by atoms with Crippen LogP contribution in [0.1, 0.15) is 19.5 Å². The molecule has 0 unspecified atom stereocenters. The summed E-state index contributed by atoms with van der Waals surface area (Å²) in [7, 11) is 0. The van der Waals surface area contributed by atoms with E-state index in [1.165, 1.54) is 0 Å². The molecule has 0 amide bonds. The predicted molar refractivity (Wildman–Crippen MR) is 69.0 cm³/mol. The first-order valence-electron chi connectivity index (χ1n) is 6.08. The monoisotopic (exact) mass is 254 g/mol. The highest BCUT2D eigenvalue weighted by molar-refractivity contribution is 6.29. The molecule has 0 spiro atoms. The molecular weight excluding hydrogens is 236 g/mol. The zero-order valence-corrected chi connectivity index (χ0v) is 11.2. The van der Waals surface area contributed by atoms with Crippen LogP contribution in [-0.4, -0.2) is 52.0 Å². The highest BCUT2D eigenvalue weighted by Gasteiger charge is 2.18. The van der Waals surface area contributed by atoms with Gasteiger partial charge in [-0.1, -0.05) is 11.6 Å².